The summed E-state index contributed by atoms with van der Waals surface area (Å²) >= 11 is 0. The number of hydrogen-bond acceptors (Lipinski definition) is 3. The van der Waals surface area contributed by atoms with Crippen molar-refractivity contribution >= 4 is 11.8 Å². The van der Waals surface area contributed by atoms with Crippen LogP contribution >= 0.6 is 0 Å². The molecule has 0 radical (unpaired) electrons. The smallest absolute Gasteiger partial charge is 0.243 e. The van der Waals surface area contributed by atoms with E-state index < -0.39 is 12.1 Å². The minimum Gasteiger partial charge on any atom is -0.350 e. The maximum absolute atomic E-state index is 13.6. The van der Waals surface area contributed by atoms with E-state index in [2.05, 4.69) is 11.4 Å². The average molecular weight is 442 g/mol. The predicted octanol–water partition coefficient (Wildman–Crippen LogP) is 3.76. The van der Waals surface area contributed by atoms with Gasteiger partial charge >= 0.3 is 0 Å². The zero-order chi connectivity index (χ0) is 23.2. The lowest BCUT2D eigenvalue weighted by atomic mass is 9.84. The fourth-order valence-corrected chi connectivity index (χ4v) is 4.69. The molecule has 170 valence electrons. The molecule has 3 aromatic carbocycles. The van der Waals surface area contributed by atoms with Crippen molar-refractivity contribution in [1.29, 1.82) is 0 Å². The molecule has 0 spiro atoms. The van der Waals surface area contributed by atoms with E-state index in [1.54, 1.807) is 4.90 Å². The van der Waals surface area contributed by atoms with Crippen molar-refractivity contribution in [2.24, 2.45) is 5.73 Å². The number of hydrogen-bond donors (Lipinski definition) is 2. The molecule has 5 nitrogen and oxygen atoms in total. The SMILES string of the molecule is Cc1cccc(CNC(=O)[C@@H]2CCCN2C(=O)C(N)C(c2ccccc2)c2ccccc2)c1. The monoisotopic (exact) mass is 441 g/mol. The van der Waals surface area contributed by atoms with Crippen LogP contribution in [-0.2, 0) is 16.1 Å². The van der Waals surface area contributed by atoms with Gasteiger partial charge in [0.2, 0.25) is 11.8 Å². The molecule has 1 aliphatic rings. The molecule has 33 heavy (non-hydrogen) atoms. The van der Waals surface area contributed by atoms with Crippen LogP contribution in [0.15, 0.2) is 84.9 Å². The van der Waals surface area contributed by atoms with Crippen LogP contribution < -0.4 is 11.1 Å². The number of amides is 2. The molecule has 0 saturated carbocycles. The van der Waals surface area contributed by atoms with E-state index in [9.17, 15) is 9.59 Å². The molecule has 0 aliphatic carbocycles. The minimum atomic E-state index is -0.778. The van der Waals surface area contributed by atoms with E-state index >= 15 is 0 Å². The quantitative estimate of drug-likeness (QED) is 0.586. The Balaban J connectivity index is 1.50. The normalized spacial score (nSPS) is 16.6. The van der Waals surface area contributed by atoms with Gasteiger partial charge in [0.25, 0.3) is 0 Å². The zero-order valence-electron chi connectivity index (χ0n) is 19.0. The molecule has 1 fully saturated rings. The van der Waals surface area contributed by atoms with Crippen LogP contribution in [0.25, 0.3) is 0 Å². The number of nitrogens with two attached hydrogens (primary N) is 1. The first-order valence-electron chi connectivity index (χ1n) is 11.5. The molecule has 3 N–H and O–H groups in total. The van der Waals surface area contributed by atoms with Crippen molar-refractivity contribution in [3.05, 3.63) is 107 Å². The second-order valence-electron chi connectivity index (χ2n) is 8.72. The first kappa shape index (κ1) is 22.7. The van der Waals surface area contributed by atoms with Crippen molar-refractivity contribution in [2.75, 3.05) is 6.54 Å². The summed E-state index contributed by atoms with van der Waals surface area (Å²) in [5.74, 6) is -0.581. The number of benzene rings is 3. The van der Waals surface area contributed by atoms with Crippen LogP contribution in [0.1, 0.15) is 41.0 Å². The maximum Gasteiger partial charge on any atom is 0.243 e. The van der Waals surface area contributed by atoms with E-state index in [1.165, 1.54) is 0 Å². The van der Waals surface area contributed by atoms with E-state index in [0.29, 0.717) is 19.5 Å². The van der Waals surface area contributed by atoms with Crippen LogP contribution in [0.5, 0.6) is 0 Å². The van der Waals surface area contributed by atoms with Gasteiger partial charge in [0.15, 0.2) is 0 Å². The van der Waals surface area contributed by atoms with Gasteiger partial charge in [-0.25, -0.2) is 0 Å². The Bertz CT molecular complexity index is 1050. The Morgan fingerprint density at radius 1 is 0.970 bits per heavy atom. The summed E-state index contributed by atoms with van der Waals surface area (Å²) in [6.45, 7) is 3.02. The summed E-state index contributed by atoms with van der Waals surface area (Å²) < 4.78 is 0. The Kier molecular flexibility index (Phi) is 7.20. The number of nitrogens with zero attached hydrogens (tertiary/aromatic N) is 1. The summed E-state index contributed by atoms with van der Waals surface area (Å²) in [5, 5.41) is 3.01. The second kappa shape index (κ2) is 10.5. The highest BCUT2D eigenvalue weighted by atomic mass is 16.2. The highest BCUT2D eigenvalue weighted by Gasteiger charge is 2.39. The van der Waals surface area contributed by atoms with Crippen LogP contribution in [0.3, 0.4) is 0 Å². The molecule has 1 heterocycles. The Hall–Kier alpha value is -3.44. The van der Waals surface area contributed by atoms with Gasteiger partial charge in [-0.2, -0.15) is 0 Å². The van der Waals surface area contributed by atoms with Gasteiger partial charge in [-0.15, -0.1) is 0 Å². The van der Waals surface area contributed by atoms with E-state index in [-0.39, 0.29) is 17.7 Å². The van der Waals surface area contributed by atoms with Crippen molar-refractivity contribution < 1.29 is 9.59 Å². The Morgan fingerprint density at radius 3 is 2.21 bits per heavy atom. The molecule has 1 aliphatic heterocycles. The van der Waals surface area contributed by atoms with Gasteiger partial charge in [-0.3, -0.25) is 9.59 Å². The van der Waals surface area contributed by atoms with Crippen molar-refractivity contribution in [1.82, 2.24) is 10.2 Å². The molecular weight excluding hydrogens is 410 g/mol. The summed E-state index contributed by atoms with van der Waals surface area (Å²) in [6, 6.07) is 26.5. The first-order valence-corrected chi connectivity index (χ1v) is 11.5. The lowest BCUT2D eigenvalue weighted by Gasteiger charge is -2.31. The molecule has 3 aromatic rings. The molecule has 5 heteroatoms. The highest BCUT2D eigenvalue weighted by Crippen LogP contribution is 2.30. The van der Waals surface area contributed by atoms with Gasteiger partial charge in [-0.05, 0) is 36.5 Å². The topological polar surface area (TPSA) is 75.4 Å². The van der Waals surface area contributed by atoms with E-state index in [4.69, 9.17) is 5.73 Å². The van der Waals surface area contributed by atoms with Crippen LogP contribution in [0, 0.1) is 6.92 Å². The van der Waals surface area contributed by atoms with Gasteiger partial charge in [0.1, 0.15) is 6.04 Å². The third-order valence-electron chi connectivity index (χ3n) is 6.35. The van der Waals surface area contributed by atoms with E-state index in [1.807, 2.05) is 85.8 Å². The van der Waals surface area contributed by atoms with E-state index in [0.717, 1.165) is 28.7 Å². The Morgan fingerprint density at radius 2 is 1.61 bits per heavy atom. The third-order valence-corrected chi connectivity index (χ3v) is 6.35. The van der Waals surface area contributed by atoms with Crippen molar-refractivity contribution in [3.8, 4) is 0 Å². The fourth-order valence-electron chi connectivity index (χ4n) is 4.69. The summed E-state index contributed by atoms with van der Waals surface area (Å²) in [6.07, 6.45) is 1.45. The maximum atomic E-state index is 13.6. The number of likely N-dealkylation sites (tertiary alicyclic amines) is 1. The predicted molar refractivity (Wildman–Crippen MR) is 130 cm³/mol. The molecule has 1 saturated heterocycles. The fraction of sp³-hybridized carbons (Fsp3) is 0.286. The second-order valence-corrected chi connectivity index (χ2v) is 8.72. The third kappa shape index (κ3) is 5.32. The van der Waals surface area contributed by atoms with Gasteiger partial charge in [0, 0.05) is 19.0 Å². The number of rotatable bonds is 7. The summed E-state index contributed by atoms with van der Waals surface area (Å²) in [7, 11) is 0. The Labute approximate surface area is 195 Å². The number of carbonyl (C=O) groups is 2. The average Bonchev–Trinajstić information content (AvgIpc) is 3.34. The van der Waals surface area contributed by atoms with Crippen LogP contribution in [0.2, 0.25) is 0 Å². The molecule has 0 bridgehead atoms. The molecule has 0 aromatic heterocycles. The largest absolute Gasteiger partial charge is 0.350 e. The first-order chi connectivity index (χ1) is 16.0. The zero-order valence-corrected chi connectivity index (χ0v) is 19.0. The number of carbonyl (C=O) groups excluding carboxylic acids is 2. The molecule has 2 amide bonds. The number of aryl methyl sites for hydroxylation is 1. The summed E-state index contributed by atoms with van der Waals surface area (Å²) in [4.78, 5) is 28.3. The van der Waals surface area contributed by atoms with Crippen molar-refractivity contribution in [3.63, 3.8) is 0 Å². The minimum absolute atomic E-state index is 0.120. The molecular formula is C28H31N3O2. The molecule has 2 atom stereocenters. The molecule has 1 unspecified atom stereocenters. The number of nitrogens with one attached hydrogen (secondary N) is 1. The summed E-state index contributed by atoms with van der Waals surface area (Å²) in [5.41, 5.74) is 10.8. The highest BCUT2D eigenvalue weighted by molar-refractivity contribution is 5.91. The van der Waals surface area contributed by atoms with Crippen molar-refractivity contribution in [2.45, 2.75) is 44.3 Å². The van der Waals surface area contributed by atoms with Gasteiger partial charge in [0.05, 0.1) is 6.04 Å². The molecule has 4 rings (SSSR count). The lowest BCUT2D eigenvalue weighted by Crippen LogP contribution is -2.52. The van der Waals surface area contributed by atoms with Gasteiger partial charge < -0.3 is 16.0 Å². The van der Waals surface area contributed by atoms with Crippen LogP contribution in [-0.4, -0.2) is 35.3 Å². The van der Waals surface area contributed by atoms with Gasteiger partial charge in [-0.1, -0.05) is 90.5 Å². The van der Waals surface area contributed by atoms with Crippen LogP contribution in [0.4, 0.5) is 0 Å². The standard InChI is InChI=1S/C28H31N3O2/c1-20-10-8-11-21(18-20)19-30-27(32)24-16-9-17-31(24)28(33)26(29)25(22-12-4-2-5-13-22)23-14-6-3-7-15-23/h2-8,10-15,18,24-26H,9,16-17,19,29H2,1H3,(H,30,32)/t24-,26?/m0/s1. The lowest BCUT2D eigenvalue weighted by molar-refractivity contribution is -0.139.